The normalized spacial score (nSPS) is 12.2. The number of aryl methyl sites for hydroxylation is 1. The van der Waals surface area contributed by atoms with E-state index in [0.29, 0.717) is 22.2 Å². The van der Waals surface area contributed by atoms with Crippen molar-refractivity contribution in [2.24, 2.45) is 4.99 Å². The first kappa shape index (κ1) is 19.8. The number of aliphatic imine (C=N–C) groups is 1. The van der Waals surface area contributed by atoms with Gasteiger partial charge in [-0.3, -0.25) is 4.99 Å². The third-order valence-electron chi connectivity index (χ3n) is 3.95. The molecule has 0 saturated carbocycles. The van der Waals surface area contributed by atoms with Gasteiger partial charge in [-0.15, -0.1) is 0 Å². The Hall–Kier alpha value is -2.53. The summed E-state index contributed by atoms with van der Waals surface area (Å²) in [5, 5.41) is 9.55. The van der Waals surface area contributed by atoms with E-state index in [9.17, 15) is 4.79 Å². The van der Waals surface area contributed by atoms with E-state index in [2.05, 4.69) is 4.99 Å². The number of hydrogen-bond donors (Lipinski definition) is 1. The summed E-state index contributed by atoms with van der Waals surface area (Å²) >= 11 is 6.35. The van der Waals surface area contributed by atoms with Crippen LogP contribution in [0.4, 0.5) is 5.69 Å². The fourth-order valence-electron chi connectivity index (χ4n) is 2.24. The highest BCUT2D eigenvalue weighted by Gasteiger charge is 2.14. The molecule has 26 heavy (non-hydrogen) atoms. The van der Waals surface area contributed by atoms with Gasteiger partial charge in [0.2, 0.25) is 0 Å². The molecule has 0 heterocycles. The monoisotopic (exact) mass is 375 g/mol. The van der Waals surface area contributed by atoms with Crippen molar-refractivity contribution in [3.63, 3.8) is 0 Å². The summed E-state index contributed by atoms with van der Waals surface area (Å²) in [6.45, 7) is 5.86. The van der Waals surface area contributed by atoms with Gasteiger partial charge in [0.25, 0.3) is 0 Å². The molecular weight excluding hydrogens is 354 g/mol. The van der Waals surface area contributed by atoms with Crippen LogP contribution in [0.5, 0.6) is 11.5 Å². The van der Waals surface area contributed by atoms with Crippen molar-refractivity contribution < 1.29 is 19.4 Å². The summed E-state index contributed by atoms with van der Waals surface area (Å²) in [7, 11) is 1.55. The SMILES string of the molecule is CC[C@@H](C)Oc1c(Cl)cc(C=Nc2cc(C(=O)O)ccc2C)cc1OC. The quantitative estimate of drug-likeness (QED) is 0.668. The molecule has 2 rings (SSSR count). The number of methoxy groups -OCH3 is 1. The minimum atomic E-state index is -0.988. The standard InChI is InChI=1S/C20H22ClNO4/c1-5-13(3)26-19-16(21)8-14(9-18(19)25-4)11-22-17-10-15(20(23)24)7-6-12(17)2/h6-11,13H,5H2,1-4H3,(H,23,24)/t13-/m1/s1. The summed E-state index contributed by atoms with van der Waals surface area (Å²) in [4.78, 5) is 15.5. The molecule has 1 atom stereocenters. The van der Waals surface area contributed by atoms with Crippen molar-refractivity contribution in [1.82, 2.24) is 0 Å². The molecule has 0 radical (unpaired) electrons. The highest BCUT2D eigenvalue weighted by Crippen LogP contribution is 2.37. The van der Waals surface area contributed by atoms with E-state index in [1.807, 2.05) is 20.8 Å². The molecule has 1 N–H and O–H groups in total. The molecule has 2 aromatic carbocycles. The molecule has 0 aliphatic carbocycles. The molecule has 6 heteroatoms. The van der Waals surface area contributed by atoms with Crippen LogP contribution in [0.3, 0.4) is 0 Å². The third kappa shape index (κ3) is 4.76. The van der Waals surface area contributed by atoms with Gasteiger partial charge < -0.3 is 14.6 Å². The minimum Gasteiger partial charge on any atom is -0.493 e. The van der Waals surface area contributed by atoms with E-state index in [4.69, 9.17) is 26.2 Å². The predicted octanol–water partition coefficient (Wildman–Crippen LogP) is 5.28. The second kappa shape index (κ2) is 8.72. The fraction of sp³-hybridized carbons (Fsp3) is 0.300. The first-order valence-corrected chi connectivity index (χ1v) is 8.65. The molecule has 138 valence electrons. The fourth-order valence-corrected chi connectivity index (χ4v) is 2.50. The van der Waals surface area contributed by atoms with Crippen molar-refractivity contribution in [3.8, 4) is 11.5 Å². The van der Waals surface area contributed by atoms with E-state index in [-0.39, 0.29) is 11.7 Å². The van der Waals surface area contributed by atoms with Crippen LogP contribution >= 0.6 is 11.6 Å². The van der Waals surface area contributed by atoms with Crippen molar-refractivity contribution in [2.45, 2.75) is 33.3 Å². The molecule has 0 bridgehead atoms. The number of benzene rings is 2. The highest BCUT2D eigenvalue weighted by atomic mass is 35.5. The number of nitrogens with zero attached hydrogens (tertiary/aromatic N) is 1. The summed E-state index contributed by atoms with van der Waals surface area (Å²) < 4.78 is 11.2. The lowest BCUT2D eigenvalue weighted by Gasteiger charge is -2.17. The number of carboxylic acid groups (broad SMARTS) is 1. The van der Waals surface area contributed by atoms with E-state index in [0.717, 1.165) is 17.5 Å². The van der Waals surface area contributed by atoms with Crippen LogP contribution in [-0.4, -0.2) is 30.5 Å². The molecule has 0 aliphatic rings. The van der Waals surface area contributed by atoms with Gasteiger partial charge in [-0.25, -0.2) is 4.79 Å². The molecule has 2 aromatic rings. The largest absolute Gasteiger partial charge is 0.493 e. The van der Waals surface area contributed by atoms with Gasteiger partial charge in [-0.1, -0.05) is 24.6 Å². The van der Waals surface area contributed by atoms with Gasteiger partial charge in [-0.2, -0.15) is 0 Å². The predicted molar refractivity (Wildman–Crippen MR) is 104 cm³/mol. The lowest BCUT2D eigenvalue weighted by Crippen LogP contribution is -2.11. The van der Waals surface area contributed by atoms with Gasteiger partial charge >= 0.3 is 5.97 Å². The van der Waals surface area contributed by atoms with Crippen molar-refractivity contribution >= 4 is 29.5 Å². The average Bonchev–Trinajstić information content (AvgIpc) is 2.62. The minimum absolute atomic E-state index is 0.0160. The maximum Gasteiger partial charge on any atom is 0.335 e. The zero-order valence-electron chi connectivity index (χ0n) is 15.2. The van der Waals surface area contributed by atoms with Gasteiger partial charge in [0.15, 0.2) is 11.5 Å². The van der Waals surface area contributed by atoms with Crippen LogP contribution in [0.15, 0.2) is 35.3 Å². The van der Waals surface area contributed by atoms with E-state index < -0.39 is 5.97 Å². The van der Waals surface area contributed by atoms with Gasteiger partial charge in [0.05, 0.1) is 29.5 Å². The Morgan fingerprint density at radius 3 is 2.69 bits per heavy atom. The first-order chi connectivity index (χ1) is 12.3. The van der Waals surface area contributed by atoms with Crippen LogP contribution in [0.2, 0.25) is 5.02 Å². The topological polar surface area (TPSA) is 68.1 Å². The second-order valence-electron chi connectivity index (χ2n) is 5.94. The lowest BCUT2D eigenvalue weighted by atomic mass is 10.1. The Morgan fingerprint density at radius 1 is 1.35 bits per heavy atom. The first-order valence-electron chi connectivity index (χ1n) is 8.27. The number of rotatable bonds is 7. The number of ether oxygens (including phenoxy) is 2. The highest BCUT2D eigenvalue weighted by molar-refractivity contribution is 6.32. The van der Waals surface area contributed by atoms with Crippen LogP contribution in [0.1, 0.15) is 41.8 Å². The summed E-state index contributed by atoms with van der Waals surface area (Å²) in [5.74, 6) is 0.0395. The molecule has 5 nitrogen and oxygen atoms in total. The Balaban J connectivity index is 2.35. The van der Waals surface area contributed by atoms with Crippen LogP contribution in [0.25, 0.3) is 0 Å². The summed E-state index contributed by atoms with van der Waals surface area (Å²) in [6, 6.07) is 8.34. The Bertz CT molecular complexity index is 833. The van der Waals surface area contributed by atoms with Crippen molar-refractivity contribution in [1.29, 1.82) is 0 Å². The van der Waals surface area contributed by atoms with E-state index in [1.165, 1.54) is 6.07 Å². The van der Waals surface area contributed by atoms with E-state index >= 15 is 0 Å². The molecule has 0 unspecified atom stereocenters. The molecule has 0 spiro atoms. The summed E-state index contributed by atoms with van der Waals surface area (Å²) in [6.07, 6.45) is 2.49. The van der Waals surface area contributed by atoms with Gasteiger partial charge in [0, 0.05) is 6.21 Å². The van der Waals surface area contributed by atoms with Crippen LogP contribution < -0.4 is 9.47 Å². The van der Waals surface area contributed by atoms with Gasteiger partial charge in [-0.05, 0) is 55.7 Å². The second-order valence-corrected chi connectivity index (χ2v) is 6.34. The van der Waals surface area contributed by atoms with Crippen LogP contribution in [0, 0.1) is 6.92 Å². The number of carbonyl (C=O) groups is 1. The van der Waals surface area contributed by atoms with Crippen molar-refractivity contribution in [3.05, 3.63) is 52.0 Å². The molecule has 0 fully saturated rings. The smallest absolute Gasteiger partial charge is 0.335 e. The van der Waals surface area contributed by atoms with Crippen LogP contribution in [-0.2, 0) is 0 Å². The lowest BCUT2D eigenvalue weighted by molar-refractivity contribution is 0.0697. The number of carboxylic acids is 1. The zero-order valence-corrected chi connectivity index (χ0v) is 16.0. The third-order valence-corrected chi connectivity index (χ3v) is 4.24. The molecule has 0 aliphatic heterocycles. The van der Waals surface area contributed by atoms with Crippen molar-refractivity contribution in [2.75, 3.05) is 7.11 Å². The average molecular weight is 376 g/mol. The Morgan fingerprint density at radius 2 is 2.08 bits per heavy atom. The maximum atomic E-state index is 11.1. The number of aromatic carboxylic acids is 1. The zero-order chi connectivity index (χ0) is 19.3. The van der Waals surface area contributed by atoms with Gasteiger partial charge in [0.1, 0.15) is 0 Å². The molecular formula is C20H22ClNO4. The number of hydrogen-bond acceptors (Lipinski definition) is 4. The molecule has 0 amide bonds. The number of halogens is 1. The summed E-state index contributed by atoms with van der Waals surface area (Å²) in [5.41, 5.74) is 2.38. The Labute approximate surface area is 158 Å². The molecule has 0 aromatic heterocycles. The maximum absolute atomic E-state index is 11.1. The van der Waals surface area contributed by atoms with E-state index in [1.54, 1.807) is 37.6 Å². The molecule has 0 saturated heterocycles. The Kier molecular flexibility index (Phi) is 6.64.